The molecule has 1 saturated heterocycles. The molecule has 3 heterocycles. The number of aryl methyl sites for hydroxylation is 1. The van der Waals surface area contributed by atoms with Crippen molar-refractivity contribution in [3.63, 3.8) is 0 Å². The minimum atomic E-state index is -0.699. The predicted octanol–water partition coefficient (Wildman–Crippen LogP) is 3.98. The van der Waals surface area contributed by atoms with E-state index in [-0.39, 0.29) is 41.6 Å². The van der Waals surface area contributed by atoms with Gasteiger partial charge in [0.05, 0.1) is 34.1 Å². The first kappa shape index (κ1) is 24.9. The quantitative estimate of drug-likeness (QED) is 0.519. The van der Waals surface area contributed by atoms with Gasteiger partial charge in [0.2, 0.25) is 0 Å². The van der Waals surface area contributed by atoms with E-state index >= 15 is 0 Å². The molecule has 2 atom stereocenters. The third kappa shape index (κ3) is 4.71. The third-order valence-corrected chi connectivity index (χ3v) is 6.95. The van der Waals surface area contributed by atoms with Crippen LogP contribution in [0.2, 0.25) is 5.02 Å². The fourth-order valence-electron chi connectivity index (χ4n) is 4.85. The normalized spacial score (nSPS) is 18.9. The zero-order chi connectivity index (χ0) is 26.4. The number of ether oxygens (including phenoxy) is 1. The third-order valence-electron chi connectivity index (χ3n) is 6.56. The highest BCUT2D eigenvalue weighted by molar-refractivity contribution is 6.35. The molecule has 0 bridgehead atoms. The van der Waals surface area contributed by atoms with Crippen LogP contribution < -0.4 is 15.4 Å². The molecule has 1 aromatic heterocycles. The zero-order valence-corrected chi connectivity index (χ0v) is 20.7. The van der Waals surface area contributed by atoms with Gasteiger partial charge < -0.3 is 20.3 Å². The Balaban J connectivity index is 1.41. The molecule has 2 N–H and O–H groups in total. The first-order valence-corrected chi connectivity index (χ1v) is 12.0. The van der Waals surface area contributed by atoms with Gasteiger partial charge in [-0.25, -0.2) is 18.0 Å². The van der Waals surface area contributed by atoms with Crippen LogP contribution >= 0.6 is 11.6 Å². The van der Waals surface area contributed by atoms with Crippen LogP contribution in [0.25, 0.3) is 11.3 Å². The van der Waals surface area contributed by atoms with Crippen LogP contribution in [0.4, 0.5) is 18.0 Å². The van der Waals surface area contributed by atoms with Gasteiger partial charge in [0.25, 0.3) is 5.91 Å². The monoisotopic (exact) mass is 533 g/mol. The molecule has 0 unspecified atom stereocenters. The lowest BCUT2D eigenvalue weighted by Crippen LogP contribution is -2.39. The summed E-state index contributed by atoms with van der Waals surface area (Å²) in [5.41, 5.74) is 2.22. The lowest BCUT2D eigenvalue weighted by molar-refractivity contribution is 0.0672. The van der Waals surface area contributed by atoms with Crippen molar-refractivity contribution in [1.82, 2.24) is 25.3 Å². The Morgan fingerprint density at radius 3 is 2.54 bits per heavy atom. The van der Waals surface area contributed by atoms with Crippen molar-refractivity contribution in [1.29, 1.82) is 0 Å². The Hall–Kier alpha value is -3.73. The van der Waals surface area contributed by atoms with Crippen molar-refractivity contribution in [2.75, 3.05) is 19.7 Å². The smallest absolute Gasteiger partial charge is 0.315 e. The summed E-state index contributed by atoms with van der Waals surface area (Å²) in [6, 6.07) is 4.26. The van der Waals surface area contributed by atoms with Crippen molar-refractivity contribution in [3.8, 4) is 17.0 Å². The number of halogens is 4. The molecule has 3 amide bonds. The molecule has 0 spiro atoms. The van der Waals surface area contributed by atoms with E-state index in [4.69, 9.17) is 16.3 Å². The molecule has 0 saturated carbocycles. The van der Waals surface area contributed by atoms with Crippen LogP contribution in [-0.4, -0.2) is 52.4 Å². The predicted molar refractivity (Wildman–Crippen MR) is 129 cm³/mol. The Bertz CT molecular complexity index is 1390. The summed E-state index contributed by atoms with van der Waals surface area (Å²) in [6.07, 6.45) is 0.372. The summed E-state index contributed by atoms with van der Waals surface area (Å²) in [5.74, 6) is -2.61. The van der Waals surface area contributed by atoms with Gasteiger partial charge >= 0.3 is 6.03 Å². The highest BCUT2D eigenvalue weighted by Gasteiger charge is 2.35. The number of carbonyl (C=O) groups excluding carboxylic acids is 2. The van der Waals surface area contributed by atoms with Crippen molar-refractivity contribution in [3.05, 3.63) is 69.6 Å². The molecule has 2 aliphatic rings. The van der Waals surface area contributed by atoms with E-state index in [9.17, 15) is 22.8 Å². The van der Waals surface area contributed by atoms with E-state index in [2.05, 4.69) is 15.7 Å². The van der Waals surface area contributed by atoms with E-state index < -0.39 is 29.4 Å². The van der Waals surface area contributed by atoms with Gasteiger partial charge in [-0.05, 0) is 31.5 Å². The van der Waals surface area contributed by atoms with Crippen LogP contribution in [0.15, 0.2) is 30.3 Å². The van der Waals surface area contributed by atoms with E-state index in [0.29, 0.717) is 29.9 Å². The van der Waals surface area contributed by atoms with Crippen molar-refractivity contribution in [2.45, 2.75) is 25.4 Å². The molecule has 2 aromatic carbocycles. The molecule has 1 fully saturated rings. The maximum absolute atomic E-state index is 14.5. The highest BCUT2D eigenvalue weighted by atomic mass is 35.5. The fraction of sp³-hybridized carbons (Fsp3) is 0.320. The van der Waals surface area contributed by atoms with Gasteiger partial charge in [0.15, 0.2) is 0 Å². The second-order valence-electron chi connectivity index (χ2n) is 9.05. The van der Waals surface area contributed by atoms with Gasteiger partial charge in [-0.3, -0.25) is 9.48 Å². The summed E-state index contributed by atoms with van der Waals surface area (Å²) < 4.78 is 49.4. The number of benzene rings is 2. The number of amides is 3. The molecule has 5 rings (SSSR count). The molecule has 2 aliphatic heterocycles. The summed E-state index contributed by atoms with van der Waals surface area (Å²) in [4.78, 5) is 26.3. The number of nitrogens with zero attached hydrogens (tertiary/aromatic N) is 3. The van der Waals surface area contributed by atoms with Crippen LogP contribution in [0.3, 0.4) is 0 Å². The number of hydrogen-bond donors (Lipinski definition) is 2. The van der Waals surface area contributed by atoms with Crippen molar-refractivity contribution >= 4 is 23.5 Å². The number of aromatic nitrogens is 2. The number of hydrogen-bond acceptors (Lipinski definition) is 4. The van der Waals surface area contributed by atoms with E-state index in [1.54, 1.807) is 18.7 Å². The second kappa shape index (κ2) is 9.62. The second-order valence-corrected chi connectivity index (χ2v) is 9.42. The lowest BCUT2D eigenvalue weighted by Gasteiger charge is -2.33. The molecule has 3 aromatic rings. The summed E-state index contributed by atoms with van der Waals surface area (Å²) in [5, 5.41) is 9.74. The number of fused-ring (bicyclic) bond motifs is 1. The minimum absolute atomic E-state index is 0.00947. The van der Waals surface area contributed by atoms with Gasteiger partial charge in [-0.2, -0.15) is 5.10 Å². The first-order valence-electron chi connectivity index (χ1n) is 11.6. The van der Waals surface area contributed by atoms with Crippen LogP contribution in [0.5, 0.6) is 5.75 Å². The average Bonchev–Trinajstić information content (AvgIpc) is 3.41. The van der Waals surface area contributed by atoms with E-state index in [1.807, 2.05) is 0 Å². The van der Waals surface area contributed by atoms with Crippen molar-refractivity contribution in [2.24, 2.45) is 7.05 Å². The maximum atomic E-state index is 14.5. The molecule has 12 heteroatoms. The summed E-state index contributed by atoms with van der Waals surface area (Å²) in [7, 11) is 1.67. The molecular weight excluding hydrogens is 511 g/mol. The maximum Gasteiger partial charge on any atom is 0.315 e. The number of nitrogens with one attached hydrogen (secondary N) is 2. The highest BCUT2D eigenvalue weighted by Crippen LogP contribution is 2.38. The van der Waals surface area contributed by atoms with Gasteiger partial charge in [-0.1, -0.05) is 11.6 Å². The fourth-order valence-corrected chi connectivity index (χ4v) is 5.09. The van der Waals surface area contributed by atoms with E-state index in [1.165, 1.54) is 17.0 Å². The largest absolute Gasteiger partial charge is 0.490 e. The summed E-state index contributed by atoms with van der Waals surface area (Å²) >= 11 is 6.46. The number of carbonyl (C=O) groups is 2. The minimum Gasteiger partial charge on any atom is -0.490 e. The zero-order valence-electron chi connectivity index (χ0n) is 19.9. The molecule has 8 nitrogen and oxygen atoms in total. The van der Waals surface area contributed by atoms with Crippen LogP contribution in [0, 0.1) is 17.5 Å². The number of rotatable bonds is 5. The van der Waals surface area contributed by atoms with Gasteiger partial charge in [0, 0.05) is 43.4 Å². The van der Waals surface area contributed by atoms with Crippen molar-refractivity contribution < 1.29 is 27.5 Å². The molecule has 194 valence electrons. The SMILES string of the molecule is C[C@@H]1c2nn(C)c(-c3cc(F)cc(F)c3)c2CCN1C(=O)c1cc(F)cc(OC[C@@H]2CNC(=O)N2)c1Cl. The molecule has 0 radical (unpaired) electrons. The number of urea groups is 1. The van der Waals surface area contributed by atoms with E-state index in [0.717, 1.165) is 23.8 Å². The van der Waals surface area contributed by atoms with Crippen LogP contribution in [0.1, 0.15) is 34.6 Å². The Kier molecular flexibility index (Phi) is 6.49. The lowest BCUT2D eigenvalue weighted by atomic mass is 9.95. The Morgan fingerprint density at radius 1 is 1.16 bits per heavy atom. The topological polar surface area (TPSA) is 88.5 Å². The van der Waals surface area contributed by atoms with Gasteiger partial charge in [-0.15, -0.1) is 0 Å². The first-order chi connectivity index (χ1) is 17.6. The Morgan fingerprint density at radius 2 is 1.86 bits per heavy atom. The van der Waals surface area contributed by atoms with Crippen LogP contribution in [-0.2, 0) is 13.5 Å². The average molecular weight is 534 g/mol. The standard InChI is InChI=1S/C25H23ClF3N5O3/c1-12-22-18(23(33(2)32-22)13-5-14(27)7-15(28)6-13)3-4-34(12)24(35)19-8-16(29)9-20(21(19)26)37-11-17-10-30-25(36)31-17/h5-9,12,17H,3-4,10-11H2,1-2H3,(H2,30,31,36)/t12-,17+/m1/s1. The molecular formula is C25H23ClF3N5O3. The summed E-state index contributed by atoms with van der Waals surface area (Å²) in [6.45, 7) is 2.42. The Labute approximate surface area is 215 Å². The molecule has 0 aliphatic carbocycles. The molecule has 37 heavy (non-hydrogen) atoms. The van der Waals surface area contributed by atoms with Gasteiger partial charge in [0.1, 0.15) is 29.8 Å².